The summed E-state index contributed by atoms with van der Waals surface area (Å²) >= 11 is 0. The third-order valence-electron chi connectivity index (χ3n) is 2.09. The van der Waals surface area contributed by atoms with Crippen LogP contribution in [0.15, 0.2) is 30.3 Å². The van der Waals surface area contributed by atoms with Gasteiger partial charge in [0.05, 0.1) is 6.42 Å². The predicted octanol–water partition coefficient (Wildman–Crippen LogP) is 1.65. The molecule has 0 atom stereocenters. The van der Waals surface area contributed by atoms with E-state index in [9.17, 15) is 4.79 Å². The first-order valence-electron chi connectivity index (χ1n) is 5.38. The van der Waals surface area contributed by atoms with Gasteiger partial charge in [0, 0.05) is 6.54 Å². The Hall–Kier alpha value is -1.35. The highest BCUT2D eigenvalue weighted by Crippen LogP contribution is 1.98. The Balaban J connectivity index is 2.19. The van der Waals surface area contributed by atoms with Crippen LogP contribution in [-0.2, 0) is 11.2 Å². The molecular weight excluding hydrogens is 188 g/mol. The molecule has 0 aliphatic carbocycles. The molecule has 0 unspecified atom stereocenters. The molecule has 1 aromatic carbocycles. The van der Waals surface area contributed by atoms with Crippen LogP contribution in [0.2, 0.25) is 0 Å². The van der Waals surface area contributed by atoms with E-state index < -0.39 is 0 Å². The molecule has 0 fully saturated rings. The molecule has 0 aromatic heterocycles. The number of carbonyl (C=O) groups excluding carboxylic acids is 1. The second-order valence-corrected chi connectivity index (χ2v) is 3.49. The number of hydrazine groups is 1. The SMILES string of the molecule is CCCCNNC(=O)Cc1ccccc1. The summed E-state index contributed by atoms with van der Waals surface area (Å²) in [6, 6.07) is 9.72. The van der Waals surface area contributed by atoms with Crippen LogP contribution in [0.4, 0.5) is 0 Å². The molecule has 3 nitrogen and oxygen atoms in total. The summed E-state index contributed by atoms with van der Waals surface area (Å²) in [5.41, 5.74) is 6.62. The van der Waals surface area contributed by atoms with Crippen molar-refractivity contribution in [2.75, 3.05) is 6.54 Å². The minimum Gasteiger partial charge on any atom is -0.291 e. The molecular formula is C12H18N2O. The summed E-state index contributed by atoms with van der Waals surface area (Å²) in [6.45, 7) is 2.95. The minimum absolute atomic E-state index is 0.0114. The van der Waals surface area contributed by atoms with Crippen molar-refractivity contribution in [1.29, 1.82) is 0 Å². The molecule has 0 saturated carbocycles. The quantitative estimate of drug-likeness (QED) is 0.549. The third kappa shape index (κ3) is 5.18. The van der Waals surface area contributed by atoms with Crippen molar-refractivity contribution in [2.45, 2.75) is 26.2 Å². The summed E-state index contributed by atoms with van der Waals surface area (Å²) in [4.78, 5) is 11.4. The van der Waals surface area contributed by atoms with E-state index in [0.29, 0.717) is 6.42 Å². The number of carbonyl (C=O) groups is 1. The number of nitrogens with one attached hydrogen (secondary N) is 2. The van der Waals surface area contributed by atoms with Crippen LogP contribution < -0.4 is 10.9 Å². The lowest BCUT2D eigenvalue weighted by Gasteiger charge is -2.06. The number of hydrogen-bond acceptors (Lipinski definition) is 2. The Morgan fingerprint density at radius 1 is 1.27 bits per heavy atom. The zero-order valence-electron chi connectivity index (χ0n) is 9.12. The Morgan fingerprint density at radius 3 is 2.67 bits per heavy atom. The van der Waals surface area contributed by atoms with Crippen molar-refractivity contribution in [3.05, 3.63) is 35.9 Å². The normalized spacial score (nSPS) is 9.93. The number of amides is 1. The lowest BCUT2D eigenvalue weighted by atomic mass is 10.1. The fourth-order valence-electron chi connectivity index (χ4n) is 1.25. The predicted molar refractivity (Wildman–Crippen MR) is 61.2 cm³/mol. The largest absolute Gasteiger partial charge is 0.291 e. The molecule has 0 saturated heterocycles. The van der Waals surface area contributed by atoms with E-state index in [-0.39, 0.29) is 5.91 Å². The van der Waals surface area contributed by atoms with Gasteiger partial charge in [0.25, 0.3) is 0 Å². The van der Waals surface area contributed by atoms with Crippen LogP contribution in [-0.4, -0.2) is 12.5 Å². The van der Waals surface area contributed by atoms with Gasteiger partial charge in [0.2, 0.25) is 5.91 Å². The van der Waals surface area contributed by atoms with Crippen molar-refractivity contribution in [1.82, 2.24) is 10.9 Å². The van der Waals surface area contributed by atoms with Gasteiger partial charge in [-0.15, -0.1) is 0 Å². The van der Waals surface area contributed by atoms with E-state index in [1.807, 2.05) is 30.3 Å². The van der Waals surface area contributed by atoms with Crippen LogP contribution in [0.3, 0.4) is 0 Å². The fourth-order valence-corrected chi connectivity index (χ4v) is 1.25. The van der Waals surface area contributed by atoms with Crippen LogP contribution in [0.25, 0.3) is 0 Å². The number of benzene rings is 1. The third-order valence-corrected chi connectivity index (χ3v) is 2.09. The van der Waals surface area contributed by atoms with Gasteiger partial charge < -0.3 is 0 Å². The molecule has 0 aliphatic heterocycles. The van der Waals surface area contributed by atoms with Crippen molar-refractivity contribution in [3.8, 4) is 0 Å². The van der Waals surface area contributed by atoms with Gasteiger partial charge in [-0.1, -0.05) is 43.7 Å². The fraction of sp³-hybridized carbons (Fsp3) is 0.417. The molecule has 0 heterocycles. The molecule has 0 spiro atoms. The molecule has 3 heteroatoms. The lowest BCUT2D eigenvalue weighted by Crippen LogP contribution is -2.38. The molecule has 0 aliphatic rings. The first-order valence-corrected chi connectivity index (χ1v) is 5.38. The zero-order chi connectivity index (χ0) is 10.9. The maximum atomic E-state index is 11.4. The van der Waals surface area contributed by atoms with Crippen molar-refractivity contribution in [3.63, 3.8) is 0 Å². The molecule has 1 rings (SSSR count). The van der Waals surface area contributed by atoms with Crippen LogP contribution in [0.1, 0.15) is 25.3 Å². The number of hydrogen-bond donors (Lipinski definition) is 2. The Labute approximate surface area is 90.9 Å². The molecule has 0 bridgehead atoms. The standard InChI is InChI=1S/C12H18N2O/c1-2-3-9-13-14-12(15)10-11-7-5-4-6-8-11/h4-8,13H,2-3,9-10H2,1H3,(H,14,15). The molecule has 82 valence electrons. The second kappa shape index (κ2) is 7.01. The van der Waals surface area contributed by atoms with Crippen molar-refractivity contribution in [2.24, 2.45) is 0 Å². The number of rotatable bonds is 6. The molecule has 0 radical (unpaired) electrons. The Kier molecular flexibility index (Phi) is 5.48. The maximum absolute atomic E-state index is 11.4. The lowest BCUT2D eigenvalue weighted by molar-refractivity contribution is -0.121. The zero-order valence-corrected chi connectivity index (χ0v) is 9.12. The van der Waals surface area contributed by atoms with Gasteiger partial charge in [0.1, 0.15) is 0 Å². The minimum atomic E-state index is 0.0114. The second-order valence-electron chi connectivity index (χ2n) is 3.49. The van der Waals surface area contributed by atoms with Gasteiger partial charge in [-0.25, -0.2) is 5.43 Å². The topological polar surface area (TPSA) is 41.1 Å². The smallest absolute Gasteiger partial charge is 0.238 e. The monoisotopic (exact) mass is 206 g/mol. The summed E-state index contributed by atoms with van der Waals surface area (Å²) < 4.78 is 0. The van der Waals surface area contributed by atoms with Crippen LogP contribution in [0.5, 0.6) is 0 Å². The van der Waals surface area contributed by atoms with Crippen molar-refractivity contribution >= 4 is 5.91 Å². The highest BCUT2D eigenvalue weighted by Gasteiger charge is 2.00. The van der Waals surface area contributed by atoms with Gasteiger partial charge in [0.15, 0.2) is 0 Å². The van der Waals surface area contributed by atoms with Gasteiger partial charge in [-0.2, -0.15) is 0 Å². The molecule has 15 heavy (non-hydrogen) atoms. The van der Waals surface area contributed by atoms with Gasteiger partial charge in [-0.3, -0.25) is 10.2 Å². The Morgan fingerprint density at radius 2 is 2.00 bits per heavy atom. The maximum Gasteiger partial charge on any atom is 0.238 e. The molecule has 2 N–H and O–H groups in total. The summed E-state index contributed by atoms with van der Waals surface area (Å²) in [6.07, 6.45) is 2.63. The summed E-state index contributed by atoms with van der Waals surface area (Å²) in [7, 11) is 0. The summed E-state index contributed by atoms with van der Waals surface area (Å²) in [5.74, 6) is 0.0114. The first-order chi connectivity index (χ1) is 7.33. The van der Waals surface area contributed by atoms with E-state index in [4.69, 9.17) is 0 Å². The van der Waals surface area contributed by atoms with Crippen LogP contribution >= 0.6 is 0 Å². The highest BCUT2D eigenvalue weighted by molar-refractivity contribution is 5.77. The van der Waals surface area contributed by atoms with Gasteiger partial charge >= 0.3 is 0 Å². The average molecular weight is 206 g/mol. The van der Waals surface area contributed by atoms with E-state index in [2.05, 4.69) is 17.8 Å². The van der Waals surface area contributed by atoms with E-state index in [0.717, 1.165) is 24.9 Å². The molecule has 1 amide bonds. The van der Waals surface area contributed by atoms with Crippen molar-refractivity contribution < 1.29 is 4.79 Å². The van der Waals surface area contributed by atoms with E-state index in [1.54, 1.807) is 0 Å². The average Bonchev–Trinajstić information content (AvgIpc) is 2.26. The van der Waals surface area contributed by atoms with E-state index >= 15 is 0 Å². The number of unbranched alkanes of at least 4 members (excludes halogenated alkanes) is 1. The van der Waals surface area contributed by atoms with Gasteiger partial charge in [-0.05, 0) is 12.0 Å². The molecule has 1 aromatic rings. The van der Waals surface area contributed by atoms with E-state index in [1.165, 1.54) is 0 Å². The highest BCUT2D eigenvalue weighted by atomic mass is 16.2. The van der Waals surface area contributed by atoms with Crippen LogP contribution in [0, 0.1) is 0 Å². The first kappa shape index (κ1) is 11.7. The Bertz CT molecular complexity index is 285. The summed E-state index contributed by atoms with van der Waals surface area (Å²) in [5, 5.41) is 0.